The summed E-state index contributed by atoms with van der Waals surface area (Å²) in [5.74, 6) is 0.889. The van der Waals surface area contributed by atoms with Gasteiger partial charge in [0.25, 0.3) is 0 Å². The number of hydrogen-bond acceptors (Lipinski definition) is 1. The number of hydrogen-bond donors (Lipinski definition) is 1. The first-order valence-corrected chi connectivity index (χ1v) is 7.60. The molecule has 0 aromatic heterocycles. The normalized spacial score (nSPS) is 12.9. The molecule has 0 aliphatic heterocycles. The third-order valence-corrected chi connectivity index (χ3v) is 3.86. The van der Waals surface area contributed by atoms with Crippen LogP contribution in [0.15, 0.2) is 30.3 Å². The van der Waals surface area contributed by atoms with Crippen molar-refractivity contribution in [2.45, 2.75) is 58.9 Å². The predicted octanol–water partition coefficient (Wildman–Crippen LogP) is 4.94. The molecule has 0 bridgehead atoms. The molecular weight excluding hydrogens is 218 g/mol. The number of rotatable bonds is 9. The van der Waals surface area contributed by atoms with Crippen LogP contribution in [0, 0.1) is 5.92 Å². The third kappa shape index (κ3) is 5.22. The molecule has 1 heteroatoms. The molecule has 1 aromatic carbocycles. The summed E-state index contributed by atoms with van der Waals surface area (Å²) in [6, 6.07) is 11.4. The van der Waals surface area contributed by atoms with E-state index in [1.165, 1.54) is 37.7 Å². The fraction of sp³-hybridized carbons (Fsp3) is 0.647. The van der Waals surface area contributed by atoms with E-state index < -0.39 is 0 Å². The molecule has 102 valence electrons. The zero-order valence-electron chi connectivity index (χ0n) is 12.3. The summed E-state index contributed by atoms with van der Waals surface area (Å²) in [7, 11) is 0. The molecule has 1 N–H and O–H groups in total. The second-order valence-corrected chi connectivity index (χ2v) is 5.18. The lowest BCUT2D eigenvalue weighted by atomic mass is 9.92. The third-order valence-electron chi connectivity index (χ3n) is 3.86. The predicted molar refractivity (Wildman–Crippen MR) is 80.8 cm³/mol. The van der Waals surface area contributed by atoms with Gasteiger partial charge in [0.2, 0.25) is 0 Å². The summed E-state index contributed by atoms with van der Waals surface area (Å²) in [5.41, 5.74) is 1.44. The molecule has 1 nitrogen and oxygen atoms in total. The van der Waals surface area contributed by atoms with Crippen LogP contribution < -0.4 is 5.32 Å². The highest BCUT2D eigenvalue weighted by Crippen LogP contribution is 2.23. The maximum absolute atomic E-state index is 3.69. The zero-order valence-corrected chi connectivity index (χ0v) is 12.3. The highest BCUT2D eigenvalue weighted by atomic mass is 14.9. The first-order chi connectivity index (χ1) is 8.81. The Morgan fingerprint density at radius 1 is 0.944 bits per heavy atom. The van der Waals surface area contributed by atoms with Crippen LogP contribution in [0.3, 0.4) is 0 Å². The minimum Gasteiger partial charge on any atom is -0.310 e. The van der Waals surface area contributed by atoms with Gasteiger partial charge in [-0.3, -0.25) is 0 Å². The standard InChI is InChI=1S/C17H29N/c1-4-14-18-17(13-12-15(5-2)6-3)16-10-8-7-9-11-16/h7-11,15,17-18H,4-6,12-14H2,1-3H3. The summed E-state index contributed by atoms with van der Waals surface area (Å²) in [6.07, 6.45) is 6.42. The van der Waals surface area contributed by atoms with E-state index in [2.05, 4.69) is 56.4 Å². The van der Waals surface area contributed by atoms with Gasteiger partial charge >= 0.3 is 0 Å². The van der Waals surface area contributed by atoms with Crippen molar-refractivity contribution >= 4 is 0 Å². The second-order valence-electron chi connectivity index (χ2n) is 5.18. The van der Waals surface area contributed by atoms with Gasteiger partial charge in [-0.25, -0.2) is 0 Å². The Balaban J connectivity index is 2.56. The van der Waals surface area contributed by atoms with Crippen LogP contribution in [0.1, 0.15) is 64.5 Å². The van der Waals surface area contributed by atoms with E-state index in [0.29, 0.717) is 6.04 Å². The highest BCUT2D eigenvalue weighted by molar-refractivity contribution is 5.18. The maximum atomic E-state index is 3.69. The smallest absolute Gasteiger partial charge is 0.0320 e. The lowest BCUT2D eigenvalue weighted by Crippen LogP contribution is -2.22. The van der Waals surface area contributed by atoms with Gasteiger partial charge in [-0.1, -0.05) is 63.9 Å². The van der Waals surface area contributed by atoms with Crippen molar-refractivity contribution in [2.24, 2.45) is 5.92 Å². The van der Waals surface area contributed by atoms with Crippen LogP contribution >= 0.6 is 0 Å². The van der Waals surface area contributed by atoms with Crippen LogP contribution in [0.2, 0.25) is 0 Å². The van der Waals surface area contributed by atoms with Crippen LogP contribution in [-0.4, -0.2) is 6.54 Å². The van der Waals surface area contributed by atoms with Crippen molar-refractivity contribution < 1.29 is 0 Å². The second kappa shape index (κ2) is 9.16. The van der Waals surface area contributed by atoms with Crippen LogP contribution in [0.4, 0.5) is 0 Å². The summed E-state index contributed by atoms with van der Waals surface area (Å²) in [5, 5.41) is 3.69. The molecule has 0 spiro atoms. The Labute approximate surface area is 113 Å². The molecule has 1 atom stereocenters. The minimum atomic E-state index is 0.534. The van der Waals surface area contributed by atoms with E-state index in [1.807, 2.05) is 0 Å². The maximum Gasteiger partial charge on any atom is 0.0320 e. The minimum absolute atomic E-state index is 0.534. The van der Waals surface area contributed by atoms with Crippen molar-refractivity contribution in [1.82, 2.24) is 5.32 Å². The summed E-state index contributed by atoms with van der Waals surface area (Å²) >= 11 is 0. The van der Waals surface area contributed by atoms with Gasteiger partial charge in [-0.05, 0) is 37.3 Å². The van der Waals surface area contributed by atoms with Gasteiger partial charge < -0.3 is 5.32 Å². The first-order valence-electron chi connectivity index (χ1n) is 7.60. The highest BCUT2D eigenvalue weighted by Gasteiger charge is 2.12. The SMILES string of the molecule is CCCNC(CCC(CC)CC)c1ccccc1. The average molecular weight is 247 g/mol. The van der Waals surface area contributed by atoms with E-state index in [9.17, 15) is 0 Å². The molecular formula is C17H29N. The lowest BCUT2D eigenvalue weighted by molar-refractivity contribution is 0.389. The molecule has 0 heterocycles. The van der Waals surface area contributed by atoms with Crippen LogP contribution in [0.25, 0.3) is 0 Å². The van der Waals surface area contributed by atoms with Crippen molar-refractivity contribution in [3.05, 3.63) is 35.9 Å². The quantitative estimate of drug-likeness (QED) is 0.651. The zero-order chi connectivity index (χ0) is 13.2. The largest absolute Gasteiger partial charge is 0.310 e. The Morgan fingerprint density at radius 2 is 1.61 bits per heavy atom. The van der Waals surface area contributed by atoms with E-state index in [4.69, 9.17) is 0 Å². The molecule has 1 unspecified atom stereocenters. The van der Waals surface area contributed by atoms with Gasteiger partial charge in [0, 0.05) is 6.04 Å². The molecule has 0 saturated heterocycles. The van der Waals surface area contributed by atoms with Gasteiger partial charge in [-0.2, -0.15) is 0 Å². The van der Waals surface area contributed by atoms with E-state index >= 15 is 0 Å². The number of nitrogens with one attached hydrogen (secondary N) is 1. The molecule has 0 radical (unpaired) electrons. The fourth-order valence-electron chi connectivity index (χ4n) is 2.49. The Kier molecular flexibility index (Phi) is 7.75. The van der Waals surface area contributed by atoms with Gasteiger partial charge in [0.1, 0.15) is 0 Å². The van der Waals surface area contributed by atoms with Gasteiger partial charge in [0.15, 0.2) is 0 Å². The fourth-order valence-corrected chi connectivity index (χ4v) is 2.49. The van der Waals surface area contributed by atoms with Crippen LogP contribution in [-0.2, 0) is 0 Å². The molecule has 1 rings (SSSR count). The van der Waals surface area contributed by atoms with Gasteiger partial charge in [0.05, 0.1) is 0 Å². The molecule has 0 fully saturated rings. The average Bonchev–Trinajstić information content (AvgIpc) is 2.44. The lowest BCUT2D eigenvalue weighted by Gasteiger charge is -2.21. The van der Waals surface area contributed by atoms with Crippen molar-refractivity contribution in [3.63, 3.8) is 0 Å². The Hall–Kier alpha value is -0.820. The van der Waals surface area contributed by atoms with Crippen LogP contribution in [0.5, 0.6) is 0 Å². The Morgan fingerprint density at radius 3 is 2.17 bits per heavy atom. The molecule has 0 aliphatic carbocycles. The van der Waals surface area contributed by atoms with Crippen molar-refractivity contribution in [2.75, 3.05) is 6.54 Å². The van der Waals surface area contributed by atoms with Crippen molar-refractivity contribution in [3.8, 4) is 0 Å². The Bertz CT molecular complexity index is 290. The summed E-state index contributed by atoms with van der Waals surface area (Å²) in [6.45, 7) is 7.97. The number of benzene rings is 1. The monoisotopic (exact) mass is 247 g/mol. The molecule has 18 heavy (non-hydrogen) atoms. The van der Waals surface area contributed by atoms with E-state index in [-0.39, 0.29) is 0 Å². The summed E-state index contributed by atoms with van der Waals surface area (Å²) < 4.78 is 0. The van der Waals surface area contributed by atoms with E-state index in [0.717, 1.165) is 12.5 Å². The molecule has 0 aliphatic rings. The topological polar surface area (TPSA) is 12.0 Å². The van der Waals surface area contributed by atoms with Crippen molar-refractivity contribution in [1.29, 1.82) is 0 Å². The first kappa shape index (κ1) is 15.2. The summed E-state index contributed by atoms with van der Waals surface area (Å²) in [4.78, 5) is 0. The van der Waals surface area contributed by atoms with E-state index in [1.54, 1.807) is 0 Å². The molecule has 0 saturated carbocycles. The molecule has 1 aromatic rings. The van der Waals surface area contributed by atoms with Gasteiger partial charge in [-0.15, -0.1) is 0 Å². The molecule has 0 amide bonds.